The molecule has 1 aromatic carbocycles. The van der Waals surface area contributed by atoms with Gasteiger partial charge in [0, 0.05) is 10.1 Å². The van der Waals surface area contributed by atoms with Crippen LogP contribution in [0.15, 0.2) is 30.5 Å². The summed E-state index contributed by atoms with van der Waals surface area (Å²) in [6, 6.07) is 8.52. The van der Waals surface area contributed by atoms with Gasteiger partial charge < -0.3 is 5.32 Å². The van der Waals surface area contributed by atoms with Crippen molar-refractivity contribution < 1.29 is 0 Å². The molecule has 0 saturated heterocycles. The quantitative estimate of drug-likeness (QED) is 0.838. The SMILES string of the molecule is CCCn1nncc1C(NC)c1ccccc1I. The fourth-order valence-corrected chi connectivity index (χ4v) is 2.75. The minimum Gasteiger partial charge on any atom is -0.308 e. The summed E-state index contributed by atoms with van der Waals surface area (Å²) in [5.41, 5.74) is 2.38. The second-order valence-corrected chi connectivity index (χ2v) is 5.29. The van der Waals surface area contributed by atoms with Gasteiger partial charge in [-0.05, 0) is 47.7 Å². The van der Waals surface area contributed by atoms with Gasteiger partial charge in [0.25, 0.3) is 0 Å². The van der Waals surface area contributed by atoms with Gasteiger partial charge in [0.15, 0.2) is 0 Å². The van der Waals surface area contributed by atoms with E-state index < -0.39 is 0 Å². The molecule has 5 heteroatoms. The number of nitrogens with one attached hydrogen (secondary N) is 1. The molecule has 0 fully saturated rings. The average Bonchev–Trinajstić information content (AvgIpc) is 2.82. The van der Waals surface area contributed by atoms with Crippen molar-refractivity contribution in [3.8, 4) is 0 Å². The molecule has 0 aliphatic rings. The van der Waals surface area contributed by atoms with Gasteiger partial charge in [0.1, 0.15) is 0 Å². The van der Waals surface area contributed by atoms with E-state index in [0.717, 1.165) is 18.7 Å². The van der Waals surface area contributed by atoms with Gasteiger partial charge in [0.05, 0.1) is 17.9 Å². The Hall–Kier alpha value is -0.950. The van der Waals surface area contributed by atoms with E-state index >= 15 is 0 Å². The van der Waals surface area contributed by atoms with Gasteiger partial charge in [0.2, 0.25) is 0 Å². The smallest absolute Gasteiger partial charge is 0.0802 e. The summed E-state index contributed by atoms with van der Waals surface area (Å²) >= 11 is 2.37. The van der Waals surface area contributed by atoms with Crippen LogP contribution in [0.5, 0.6) is 0 Å². The second kappa shape index (κ2) is 6.29. The lowest BCUT2D eigenvalue weighted by Crippen LogP contribution is -2.22. The van der Waals surface area contributed by atoms with E-state index in [1.807, 2.05) is 17.9 Å². The van der Waals surface area contributed by atoms with Crippen LogP contribution in [0.1, 0.15) is 30.6 Å². The average molecular weight is 356 g/mol. The maximum Gasteiger partial charge on any atom is 0.0802 e. The molecular formula is C13H17IN4. The van der Waals surface area contributed by atoms with Crippen molar-refractivity contribution >= 4 is 22.6 Å². The standard InChI is InChI=1S/C13H17IN4/c1-3-8-18-12(9-16-17-18)13(15-2)10-6-4-5-7-11(10)14/h4-7,9,13,15H,3,8H2,1-2H3. The third-order valence-corrected chi connectivity index (χ3v) is 3.87. The van der Waals surface area contributed by atoms with Crippen LogP contribution in [0.25, 0.3) is 0 Å². The van der Waals surface area contributed by atoms with Crippen molar-refractivity contribution in [2.24, 2.45) is 0 Å². The zero-order valence-electron chi connectivity index (χ0n) is 10.6. The van der Waals surface area contributed by atoms with Gasteiger partial charge in [-0.2, -0.15) is 0 Å². The minimum atomic E-state index is 0.139. The molecule has 18 heavy (non-hydrogen) atoms. The fraction of sp³-hybridized carbons (Fsp3) is 0.385. The van der Waals surface area contributed by atoms with Crippen LogP contribution >= 0.6 is 22.6 Å². The summed E-state index contributed by atoms with van der Waals surface area (Å²) in [7, 11) is 1.97. The molecular weight excluding hydrogens is 339 g/mol. The lowest BCUT2D eigenvalue weighted by Gasteiger charge is -2.18. The Balaban J connectivity index is 2.39. The van der Waals surface area contributed by atoms with Crippen LogP contribution < -0.4 is 5.32 Å². The van der Waals surface area contributed by atoms with Crippen molar-refractivity contribution in [3.05, 3.63) is 45.3 Å². The number of nitrogens with zero attached hydrogens (tertiary/aromatic N) is 3. The van der Waals surface area contributed by atoms with E-state index in [-0.39, 0.29) is 6.04 Å². The molecule has 4 nitrogen and oxygen atoms in total. The number of hydrogen-bond acceptors (Lipinski definition) is 3. The van der Waals surface area contributed by atoms with E-state index in [4.69, 9.17) is 0 Å². The lowest BCUT2D eigenvalue weighted by atomic mass is 10.0. The Kier molecular flexibility index (Phi) is 4.71. The van der Waals surface area contributed by atoms with E-state index in [1.54, 1.807) is 0 Å². The number of benzene rings is 1. The molecule has 1 aromatic heterocycles. The first-order valence-corrected chi connectivity index (χ1v) is 7.15. The summed E-state index contributed by atoms with van der Waals surface area (Å²) in [5.74, 6) is 0. The molecule has 0 spiro atoms. The highest BCUT2D eigenvalue weighted by Gasteiger charge is 2.18. The Bertz CT molecular complexity index is 509. The lowest BCUT2D eigenvalue weighted by molar-refractivity contribution is 0.522. The fourth-order valence-electron chi connectivity index (χ4n) is 2.05. The summed E-state index contributed by atoms with van der Waals surface area (Å²) in [5, 5.41) is 11.5. The molecule has 1 heterocycles. The topological polar surface area (TPSA) is 42.7 Å². The predicted octanol–water partition coefficient (Wildman–Crippen LogP) is 2.60. The number of hydrogen-bond donors (Lipinski definition) is 1. The van der Waals surface area contributed by atoms with Crippen LogP contribution in [0, 0.1) is 3.57 Å². The molecule has 0 bridgehead atoms. The van der Waals surface area contributed by atoms with Crippen LogP contribution in [0.4, 0.5) is 0 Å². The van der Waals surface area contributed by atoms with Crippen molar-refractivity contribution in [3.63, 3.8) is 0 Å². The highest BCUT2D eigenvalue weighted by atomic mass is 127. The normalized spacial score (nSPS) is 12.6. The summed E-state index contributed by atoms with van der Waals surface area (Å²) < 4.78 is 3.23. The van der Waals surface area contributed by atoms with Crippen molar-refractivity contribution in [2.75, 3.05) is 7.05 Å². The first kappa shape index (κ1) is 13.5. The molecule has 0 radical (unpaired) electrons. The number of aromatic nitrogens is 3. The van der Waals surface area contributed by atoms with Gasteiger partial charge in [-0.25, -0.2) is 4.68 Å². The van der Waals surface area contributed by atoms with Crippen LogP contribution in [-0.2, 0) is 6.54 Å². The van der Waals surface area contributed by atoms with Gasteiger partial charge in [-0.3, -0.25) is 0 Å². The number of halogens is 1. The molecule has 0 aliphatic heterocycles. The maximum absolute atomic E-state index is 4.15. The van der Waals surface area contributed by atoms with E-state index in [9.17, 15) is 0 Å². The van der Waals surface area contributed by atoms with E-state index in [2.05, 4.69) is 69.4 Å². The highest BCUT2D eigenvalue weighted by molar-refractivity contribution is 14.1. The predicted molar refractivity (Wildman–Crippen MR) is 80.4 cm³/mol. The van der Waals surface area contributed by atoms with Crippen LogP contribution in [0.3, 0.4) is 0 Å². The number of rotatable bonds is 5. The Morgan fingerprint density at radius 3 is 2.83 bits per heavy atom. The largest absolute Gasteiger partial charge is 0.308 e. The molecule has 0 aliphatic carbocycles. The monoisotopic (exact) mass is 356 g/mol. The molecule has 2 rings (SSSR count). The molecule has 0 amide bonds. The summed E-state index contributed by atoms with van der Waals surface area (Å²) in [6.45, 7) is 3.04. The Morgan fingerprint density at radius 2 is 2.17 bits per heavy atom. The zero-order valence-corrected chi connectivity index (χ0v) is 12.8. The molecule has 1 unspecified atom stereocenters. The molecule has 1 N–H and O–H groups in total. The molecule has 1 atom stereocenters. The molecule has 96 valence electrons. The Morgan fingerprint density at radius 1 is 1.39 bits per heavy atom. The minimum absolute atomic E-state index is 0.139. The van der Waals surface area contributed by atoms with Crippen LogP contribution in [0.2, 0.25) is 0 Å². The van der Waals surface area contributed by atoms with Crippen molar-refractivity contribution in [1.82, 2.24) is 20.3 Å². The third kappa shape index (κ3) is 2.72. The maximum atomic E-state index is 4.15. The van der Waals surface area contributed by atoms with E-state index in [0.29, 0.717) is 0 Å². The first-order valence-electron chi connectivity index (χ1n) is 6.08. The second-order valence-electron chi connectivity index (χ2n) is 4.13. The van der Waals surface area contributed by atoms with E-state index in [1.165, 1.54) is 9.13 Å². The zero-order chi connectivity index (χ0) is 13.0. The van der Waals surface area contributed by atoms with Gasteiger partial charge in [-0.1, -0.05) is 30.3 Å². The first-order chi connectivity index (χ1) is 8.77. The summed E-state index contributed by atoms with van der Waals surface area (Å²) in [6.07, 6.45) is 2.90. The van der Waals surface area contributed by atoms with Crippen molar-refractivity contribution in [1.29, 1.82) is 0 Å². The van der Waals surface area contributed by atoms with Crippen molar-refractivity contribution in [2.45, 2.75) is 25.9 Å². The third-order valence-electron chi connectivity index (χ3n) is 2.88. The van der Waals surface area contributed by atoms with Crippen LogP contribution in [-0.4, -0.2) is 22.0 Å². The van der Waals surface area contributed by atoms with Gasteiger partial charge >= 0.3 is 0 Å². The number of aryl methyl sites for hydroxylation is 1. The molecule has 2 aromatic rings. The molecule has 0 saturated carbocycles. The Labute approximate surface area is 121 Å². The summed E-state index contributed by atoms with van der Waals surface area (Å²) in [4.78, 5) is 0. The highest BCUT2D eigenvalue weighted by Crippen LogP contribution is 2.25. The van der Waals surface area contributed by atoms with Gasteiger partial charge in [-0.15, -0.1) is 5.10 Å².